The molecule has 0 bridgehead atoms. The van der Waals surface area contributed by atoms with Crippen molar-refractivity contribution >= 4 is 22.9 Å². The first-order valence-corrected chi connectivity index (χ1v) is 10.1. The van der Waals surface area contributed by atoms with Crippen LogP contribution in [0.15, 0.2) is 35.7 Å². The van der Waals surface area contributed by atoms with Gasteiger partial charge in [-0.3, -0.25) is 4.79 Å². The Bertz CT molecular complexity index is 762. The molecule has 1 aromatic heterocycles. The van der Waals surface area contributed by atoms with Gasteiger partial charge in [0.15, 0.2) is 11.5 Å². The smallest absolute Gasteiger partial charge is 0.230 e. The lowest BCUT2D eigenvalue weighted by molar-refractivity contribution is -0.123. The number of rotatable bonds is 5. The van der Waals surface area contributed by atoms with Crippen LogP contribution in [0.5, 0.6) is 11.5 Å². The Kier molecular flexibility index (Phi) is 5.13. The Morgan fingerprint density at radius 3 is 2.81 bits per heavy atom. The van der Waals surface area contributed by atoms with Crippen molar-refractivity contribution in [2.24, 2.45) is 17.6 Å². The summed E-state index contributed by atoms with van der Waals surface area (Å²) in [5.41, 5.74) is 6.78. The zero-order valence-electron chi connectivity index (χ0n) is 14.7. The number of thiophene rings is 1. The largest absolute Gasteiger partial charge is 0.486 e. The zero-order chi connectivity index (χ0) is 17.9. The minimum absolute atomic E-state index is 0.00756. The second kappa shape index (κ2) is 7.68. The van der Waals surface area contributed by atoms with Gasteiger partial charge in [0, 0.05) is 22.5 Å². The lowest BCUT2D eigenvalue weighted by atomic mass is 9.94. The van der Waals surface area contributed by atoms with Gasteiger partial charge in [-0.15, -0.1) is 11.3 Å². The molecule has 26 heavy (non-hydrogen) atoms. The molecule has 1 fully saturated rings. The molecule has 2 aliphatic rings. The lowest BCUT2D eigenvalue weighted by Crippen LogP contribution is -2.38. The molecule has 138 valence electrons. The number of amides is 1. The van der Waals surface area contributed by atoms with Gasteiger partial charge in [-0.25, -0.2) is 0 Å². The molecular formula is C20H24N2O3S. The maximum Gasteiger partial charge on any atom is 0.230 e. The molecule has 6 heteroatoms. The van der Waals surface area contributed by atoms with E-state index in [-0.39, 0.29) is 17.7 Å². The number of carbonyl (C=O) groups is 1. The van der Waals surface area contributed by atoms with Gasteiger partial charge in [0.05, 0.1) is 6.54 Å². The molecule has 1 saturated carbocycles. The highest BCUT2D eigenvalue weighted by molar-refractivity contribution is 7.09. The second-order valence-corrected chi connectivity index (χ2v) is 7.90. The Labute approximate surface area is 157 Å². The number of benzene rings is 1. The molecule has 2 atom stereocenters. The van der Waals surface area contributed by atoms with E-state index in [4.69, 9.17) is 15.2 Å². The SMILES string of the molecule is NC[C@H]1CCC[C@H]1C(=O)N(Cc1cccs1)c1ccc2c(c1)OCCO2. The third kappa shape index (κ3) is 3.44. The normalized spacial score (nSPS) is 21.6. The van der Waals surface area contributed by atoms with Gasteiger partial charge < -0.3 is 20.1 Å². The summed E-state index contributed by atoms with van der Waals surface area (Å²) in [6, 6.07) is 9.86. The Balaban J connectivity index is 1.65. The van der Waals surface area contributed by atoms with Crippen molar-refractivity contribution < 1.29 is 14.3 Å². The molecule has 2 heterocycles. The third-order valence-corrected chi connectivity index (χ3v) is 6.14. The van der Waals surface area contributed by atoms with Crippen molar-refractivity contribution in [2.45, 2.75) is 25.8 Å². The molecule has 1 aliphatic heterocycles. The van der Waals surface area contributed by atoms with Crippen LogP contribution in [0, 0.1) is 11.8 Å². The first kappa shape index (κ1) is 17.4. The fourth-order valence-electron chi connectivity index (χ4n) is 3.90. The van der Waals surface area contributed by atoms with Crippen molar-refractivity contribution in [1.82, 2.24) is 0 Å². The number of fused-ring (bicyclic) bond motifs is 1. The number of ether oxygens (including phenoxy) is 2. The molecular weight excluding hydrogens is 348 g/mol. The number of hydrogen-bond acceptors (Lipinski definition) is 5. The van der Waals surface area contributed by atoms with Gasteiger partial charge in [0.2, 0.25) is 5.91 Å². The van der Waals surface area contributed by atoms with E-state index in [9.17, 15) is 4.79 Å². The summed E-state index contributed by atoms with van der Waals surface area (Å²) in [6.07, 6.45) is 3.04. The van der Waals surface area contributed by atoms with E-state index in [1.165, 1.54) is 0 Å². The van der Waals surface area contributed by atoms with E-state index in [0.717, 1.165) is 35.6 Å². The van der Waals surface area contributed by atoms with Crippen LogP contribution in [-0.2, 0) is 11.3 Å². The molecule has 0 radical (unpaired) electrons. The number of hydrogen-bond donors (Lipinski definition) is 1. The van der Waals surface area contributed by atoms with Crippen LogP contribution < -0.4 is 20.1 Å². The Morgan fingerprint density at radius 1 is 1.19 bits per heavy atom. The molecule has 1 amide bonds. The van der Waals surface area contributed by atoms with Crippen LogP contribution in [0.2, 0.25) is 0 Å². The van der Waals surface area contributed by atoms with Gasteiger partial charge in [-0.1, -0.05) is 12.5 Å². The number of nitrogens with two attached hydrogens (primary N) is 1. The summed E-state index contributed by atoms with van der Waals surface area (Å²) >= 11 is 1.67. The van der Waals surface area contributed by atoms with Gasteiger partial charge in [0.1, 0.15) is 13.2 Å². The maximum atomic E-state index is 13.4. The first-order chi connectivity index (χ1) is 12.8. The van der Waals surface area contributed by atoms with Crippen molar-refractivity contribution in [3.05, 3.63) is 40.6 Å². The topological polar surface area (TPSA) is 64.8 Å². The summed E-state index contributed by atoms with van der Waals surface area (Å²) in [6.45, 7) is 2.24. The van der Waals surface area contributed by atoms with Gasteiger partial charge in [-0.05, 0) is 48.9 Å². The molecule has 5 nitrogen and oxygen atoms in total. The van der Waals surface area contributed by atoms with Crippen molar-refractivity contribution in [1.29, 1.82) is 0 Å². The number of carbonyl (C=O) groups excluding carboxylic acids is 1. The molecule has 4 rings (SSSR count). The predicted octanol–water partition coefficient (Wildman–Crippen LogP) is 3.43. The molecule has 1 aromatic carbocycles. The fourth-order valence-corrected chi connectivity index (χ4v) is 4.59. The summed E-state index contributed by atoms with van der Waals surface area (Å²) in [7, 11) is 0. The molecule has 0 spiro atoms. The number of anilines is 1. The van der Waals surface area contributed by atoms with Crippen LogP contribution in [-0.4, -0.2) is 25.7 Å². The standard InChI is InChI=1S/C20H24N2O3S/c21-12-14-3-1-5-17(14)20(23)22(13-16-4-2-10-26-16)15-6-7-18-19(11-15)25-9-8-24-18/h2,4,6-7,10-11,14,17H,1,3,5,8-9,12-13,21H2/t14-,17-/m1/s1. The monoisotopic (exact) mass is 372 g/mol. The second-order valence-electron chi connectivity index (χ2n) is 6.86. The predicted molar refractivity (Wildman–Crippen MR) is 103 cm³/mol. The highest BCUT2D eigenvalue weighted by Crippen LogP contribution is 2.38. The quantitative estimate of drug-likeness (QED) is 0.873. The van der Waals surface area contributed by atoms with Gasteiger partial charge in [-0.2, -0.15) is 0 Å². The minimum Gasteiger partial charge on any atom is -0.486 e. The van der Waals surface area contributed by atoms with Crippen LogP contribution >= 0.6 is 11.3 Å². The van der Waals surface area contributed by atoms with Crippen molar-refractivity contribution in [2.75, 3.05) is 24.7 Å². The van der Waals surface area contributed by atoms with Crippen LogP contribution in [0.3, 0.4) is 0 Å². The summed E-state index contributed by atoms with van der Waals surface area (Å²) in [4.78, 5) is 16.5. The molecule has 0 saturated heterocycles. The minimum atomic E-state index is 0.00756. The third-order valence-electron chi connectivity index (χ3n) is 5.28. The highest BCUT2D eigenvalue weighted by atomic mass is 32.1. The van der Waals surface area contributed by atoms with E-state index < -0.39 is 0 Å². The Hall–Kier alpha value is -2.05. The van der Waals surface area contributed by atoms with E-state index in [2.05, 4.69) is 6.07 Å². The summed E-state index contributed by atoms with van der Waals surface area (Å²) in [5, 5.41) is 2.04. The van der Waals surface area contributed by atoms with Crippen LogP contribution in [0.4, 0.5) is 5.69 Å². The van der Waals surface area contributed by atoms with Gasteiger partial charge in [0.25, 0.3) is 0 Å². The van der Waals surface area contributed by atoms with E-state index >= 15 is 0 Å². The average Bonchev–Trinajstić information content (AvgIpc) is 3.36. The molecule has 1 aliphatic carbocycles. The lowest BCUT2D eigenvalue weighted by Gasteiger charge is -2.29. The summed E-state index contributed by atoms with van der Waals surface area (Å²) in [5.74, 6) is 1.91. The number of nitrogens with zero attached hydrogens (tertiary/aromatic N) is 1. The van der Waals surface area contributed by atoms with Crippen molar-refractivity contribution in [3.63, 3.8) is 0 Å². The molecule has 0 unspecified atom stereocenters. The fraction of sp³-hybridized carbons (Fsp3) is 0.450. The summed E-state index contributed by atoms with van der Waals surface area (Å²) < 4.78 is 11.3. The van der Waals surface area contributed by atoms with Crippen LogP contribution in [0.1, 0.15) is 24.1 Å². The average molecular weight is 372 g/mol. The molecule has 2 N–H and O–H groups in total. The molecule has 2 aromatic rings. The van der Waals surface area contributed by atoms with Crippen LogP contribution in [0.25, 0.3) is 0 Å². The Morgan fingerprint density at radius 2 is 2.04 bits per heavy atom. The van der Waals surface area contributed by atoms with E-state index in [0.29, 0.717) is 32.1 Å². The van der Waals surface area contributed by atoms with Crippen molar-refractivity contribution in [3.8, 4) is 11.5 Å². The first-order valence-electron chi connectivity index (χ1n) is 9.19. The van der Waals surface area contributed by atoms with Gasteiger partial charge >= 0.3 is 0 Å². The maximum absolute atomic E-state index is 13.4. The van der Waals surface area contributed by atoms with E-state index in [1.807, 2.05) is 34.5 Å². The highest BCUT2D eigenvalue weighted by Gasteiger charge is 2.35. The zero-order valence-corrected chi connectivity index (χ0v) is 15.5. The van der Waals surface area contributed by atoms with E-state index in [1.54, 1.807) is 11.3 Å².